The molecule has 0 radical (unpaired) electrons. The second kappa shape index (κ2) is 5.33. The molecule has 0 aliphatic heterocycles. The highest BCUT2D eigenvalue weighted by Gasteiger charge is 2.14. The smallest absolute Gasteiger partial charge is 0.170 e. The maximum absolute atomic E-state index is 13.3. The maximum Gasteiger partial charge on any atom is 0.170 e. The molecular formula is C17H16FN3O. The number of hydrogen-bond acceptors (Lipinski definition) is 3. The van der Waals surface area contributed by atoms with Gasteiger partial charge in [-0.15, -0.1) is 0 Å². The summed E-state index contributed by atoms with van der Waals surface area (Å²) in [6.07, 6.45) is 2.32. The van der Waals surface area contributed by atoms with E-state index in [1.54, 1.807) is 16.8 Å². The van der Waals surface area contributed by atoms with Crippen LogP contribution in [0.5, 0.6) is 0 Å². The van der Waals surface area contributed by atoms with Gasteiger partial charge in [0.1, 0.15) is 11.5 Å². The fraction of sp³-hybridized carbons (Fsp3) is 0.235. The van der Waals surface area contributed by atoms with Crippen LogP contribution in [-0.4, -0.2) is 20.9 Å². The average molecular weight is 297 g/mol. The summed E-state index contributed by atoms with van der Waals surface area (Å²) < 4.78 is 14.9. The van der Waals surface area contributed by atoms with Crippen molar-refractivity contribution in [1.29, 1.82) is 0 Å². The van der Waals surface area contributed by atoms with E-state index in [-0.39, 0.29) is 11.7 Å². The van der Waals surface area contributed by atoms with E-state index in [1.807, 2.05) is 13.0 Å². The van der Waals surface area contributed by atoms with E-state index >= 15 is 0 Å². The molecule has 3 aromatic rings. The van der Waals surface area contributed by atoms with Crippen LogP contribution in [0.15, 0.2) is 30.5 Å². The summed E-state index contributed by atoms with van der Waals surface area (Å²) >= 11 is 0. The first-order valence-electron chi connectivity index (χ1n) is 7.11. The molecule has 3 rings (SSSR count). The summed E-state index contributed by atoms with van der Waals surface area (Å²) in [5, 5.41) is 4.52. The third kappa shape index (κ3) is 2.39. The predicted molar refractivity (Wildman–Crippen MR) is 82.6 cm³/mol. The lowest BCUT2D eigenvalue weighted by atomic mass is 10.00. The normalized spacial score (nSPS) is 11.3. The van der Waals surface area contributed by atoms with Crippen LogP contribution in [0, 0.1) is 12.7 Å². The van der Waals surface area contributed by atoms with Crippen molar-refractivity contribution < 1.29 is 9.18 Å². The highest BCUT2D eigenvalue weighted by Crippen LogP contribution is 2.27. The minimum Gasteiger partial charge on any atom is -0.296 e. The molecule has 112 valence electrons. The molecule has 0 aliphatic carbocycles. The van der Waals surface area contributed by atoms with Crippen LogP contribution in [0.25, 0.3) is 16.9 Å². The minimum absolute atomic E-state index is 0.229. The lowest BCUT2D eigenvalue weighted by molar-refractivity contribution is 0.111. The summed E-state index contributed by atoms with van der Waals surface area (Å²) in [5.74, 6) is -0.0378. The number of aldehydes is 1. The first kappa shape index (κ1) is 14.4. The number of carbonyl (C=O) groups is 1. The molecule has 0 aliphatic rings. The van der Waals surface area contributed by atoms with E-state index in [0.717, 1.165) is 22.4 Å². The van der Waals surface area contributed by atoms with Gasteiger partial charge in [-0.3, -0.25) is 4.79 Å². The number of fused-ring (bicyclic) bond motifs is 1. The highest BCUT2D eigenvalue weighted by molar-refractivity contribution is 5.74. The van der Waals surface area contributed by atoms with Gasteiger partial charge in [-0.05, 0) is 42.7 Å². The van der Waals surface area contributed by atoms with Gasteiger partial charge in [0.05, 0.1) is 11.9 Å². The molecule has 0 saturated heterocycles. The van der Waals surface area contributed by atoms with Gasteiger partial charge in [-0.25, -0.2) is 13.9 Å². The van der Waals surface area contributed by atoms with Crippen LogP contribution in [0.4, 0.5) is 4.39 Å². The lowest BCUT2D eigenvalue weighted by Gasteiger charge is -2.11. The van der Waals surface area contributed by atoms with Gasteiger partial charge in [-0.2, -0.15) is 5.10 Å². The molecule has 2 aromatic heterocycles. The number of carbonyl (C=O) groups excluding carboxylic acids is 1. The number of nitrogens with zero attached hydrogens (tertiary/aromatic N) is 3. The van der Waals surface area contributed by atoms with Gasteiger partial charge in [-0.1, -0.05) is 13.8 Å². The molecule has 0 unspecified atom stereocenters. The number of imidazole rings is 1. The predicted octanol–water partition coefficient (Wildman–Crippen LogP) is 3.78. The standard InChI is InChI=1S/C17H16FN3O/c1-10(2)15-7-16(14-5-4-12(18)6-11(14)3)20-21-8-13(9-22)19-17(15)21/h4-10H,1-3H3. The van der Waals surface area contributed by atoms with E-state index in [4.69, 9.17) is 0 Å². The van der Waals surface area contributed by atoms with Gasteiger partial charge in [0.15, 0.2) is 11.9 Å². The number of rotatable bonds is 3. The summed E-state index contributed by atoms with van der Waals surface area (Å²) in [6.45, 7) is 5.97. The van der Waals surface area contributed by atoms with Crippen molar-refractivity contribution in [3.8, 4) is 11.3 Å². The van der Waals surface area contributed by atoms with Crippen LogP contribution in [0.1, 0.15) is 41.4 Å². The second-order valence-corrected chi connectivity index (χ2v) is 5.65. The summed E-state index contributed by atoms with van der Waals surface area (Å²) in [7, 11) is 0. The van der Waals surface area contributed by atoms with E-state index in [0.29, 0.717) is 17.6 Å². The maximum atomic E-state index is 13.3. The Morgan fingerprint density at radius 1 is 1.27 bits per heavy atom. The van der Waals surface area contributed by atoms with Crippen molar-refractivity contribution in [3.63, 3.8) is 0 Å². The van der Waals surface area contributed by atoms with E-state index < -0.39 is 0 Å². The second-order valence-electron chi connectivity index (χ2n) is 5.65. The van der Waals surface area contributed by atoms with Crippen LogP contribution in [0.2, 0.25) is 0 Å². The van der Waals surface area contributed by atoms with Crippen LogP contribution in [0.3, 0.4) is 0 Å². The molecule has 0 bridgehead atoms. The van der Waals surface area contributed by atoms with Crippen LogP contribution < -0.4 is 0 Å². The van der Waals surface area contributed by atoms with Gasteiger partial charge in [0.2, 0.25) is 0 Å². The fourth-order valence-corrected chi connectivity index (χ4v) is 2.55. The zero-order chi connectivity index (χ0) is 15.9. The number of halogens is 1. The van der Waals surface area contributed by atoms with Crippen LogP contribution >= 0.6 is 0 Å². The number of benzene rings is 1. The SMILES string of the molecule is Cc1cc(F)ccc1-c1cc(C(C)C)c2nc(C=O)cn2n1. The van der Waals surface area contributed by atoms with Gasteiger partial charge in [0, 0.05) is 11.1 Å². The topological polar surface area (TPSA) is 47.3 Å². The van der Waals surface area contributed by atoms with Gasteiger partial charge < -0.3 is 0 Å². The highest BCUT2D eigenvalue weighted by atomic mass is 19.1. The first-order chi connectivity index (χ1) is 10.5. The van der Waals surface area contributed by atoms with Crippen molar-refractivity contribution in [2.75, 3.05) is 0 Å². The Kier molecular flexibility index (Phi) is 3.48. The Balaban J connectivity index is 2.28. The minimum atomic E-state index is -0.266. The molecule has 0 atom stereocenters. The molecule has 0 N–H and O–H groups in total. The van der Waals surface area contributed by atoms with Gasteiger partial charge >= 0.3 is 0 Å². The zero-order valence-corrected chi connectivity index (χ0v) is 12.7. The molecule has 22 heavy (non-hydrogen) atoms. The Hall–Kier alpha value is -2.56. The average Bonchev–Trinajstić information content (AvgIpc) is 2.89. The Morgan fingerprint density at radius 2 is 2.05 bits per heavy atom. The third-order valence-electron chi connectivity index (χ3n) is 3.68. The van der Waals surface area contributed by atoms with E-state index in [2.05, 4.69) is 23.9 Å². The molecule has 0 fully saturated rings. The molecule has 0 saturated carbocycles. The number of hydrogen-bond donors (Lipinski definition) is 0. The number of aromatic nitrogens is 3. The quantitative estimate of drug-likeness (QED) is 0.691. The van der Waals surface area contributed by atoms with Crippen molar-refractivity contribution >= 4 is 11.9 Å². The fourth-order valence-electron chi connectivity index (χ4n) is 2.55. The molecule has 0 spiro atoms. The molecule has 5 heteroatoms. The van der Waals surface area contributed by atoms with Gasteiger partial charge in [0.25, 0.3) is 0 Å². The van der Waals surface area contributed by atoms with E-state index in [1.165, 1.54) is 12.1 Å². The molecule has 2 heterocycles. The van der Waals surface area contributed by atoms with Crippen LogP contribution in [-0.2, 0) is 0 Å². The molecular weight excluding hydrogens is 281 g/mol. The van der Waals surface area contributed by atoms with Crippen molar-refractivity contribution in [3.05, 3.63) is 53.1 Å². The lowest BCUT2D eigenvalue weighted by Crippen LogP contribution is -2.01. The monoisotopic (exact) mass is 297 g/mol. The first-order valence-corrected chi connectivity index (χ1v) is 7.11. The van der Waals surface area contributed by atoms with Crippen molar-refractivity contribution in [2.45, 2.75) is 26.7 Å². The Bertz CT molecular complexity index is 868. The van der Waals surface area contributed by atoms with E-state index in [9.17, 15) is 9.18 Å². The third-order valence-corrected chi connectivity index (χ3v) is 3.68. The summed E-state index contributed by atoms with van der Waals surface area (Å²) in [4.78, 5) is 15.3. The summed E-state index contributed by atoms with van der Waals surface area (Å²) in [5.41, 5.74) is 4.46. The zero-order valence-electron chi connectivity index (χ0n) is 12.7. The Morgan fingerprint density at radius 3 is 2.68 bits per heavy atom. The van der Waals surface area contributed by atoms with Crippen molar-refractivity contribution in [1.82, 2.24) is 14.6 Å². The molecule has 0 amide bonds. The summed E-state index contributed by atoms with van der Waals surface area (Å²) in [6, 6.07) is 6.59. The molecule has 1 aromatic carbocycles. The van der Waals surface area contributed by atoms with Crippen molar-refractivity contribution in [2.24, 2.45) is 0 Å². The molecule has 4 nitrogen and oxygen atoms in total. The largest absolute Gasteiger partial charge is 0.296 e. The Labute approximate surface area is 127 Å². The number of aryl methyl sites for hydroxylation is 1.